The van der Waals surface area contributed by atoms with Gasteiger partial charge in [-0.2, -0.15) is 0 Å². The molecule has 8 heteroatoms. The van der Waals surface area contributed by atoms with E-state index in [1.165, 1.54) is 31.2 Å². The van der Waals surface area contributed by atoms with Gasteiger partial charge in [-0.1, -0.05) is 30.3 Å². The number of nitrogens with one attached hydrogen (secondary N) is 1. The van der Waals surface area contributed by atoms with E-state index >= 15 is 0 Å². The molecule has 1 N–H and O–H groups in total. The molecule has 0 spiro atoms. The number of hydrogen-bond acceptors (Lipinski definition) is 5. The van der Waals surface area contributed by atoms with Crippen LogP contribution in [0.5, 0.6) is 11.5 Å². The van der Waals surface area contributed by atoms with E-state index in [9.17, 15) is 14.4 Å². The maximum Gasteiger partial charge on any atom is 0.316 e. The van der Waals surface area contributed by atoms with Gasteiger partial charge < -0.3 is 19.4 Å². The Kier molecular flexibility index (Phi) is 6.13. The number of aromatic nitrogens is 2. The number of carbonyl (C=O) groups excluding carboxylic acids is 1. The van der Waals surface area contributed by atoms with E-state index in [1.54, 1.807) is 18.2 Å². The Morgan fingerprint density at radius 3 is 2.31 bits per heavy atom. The molecular weight excluding hydrogens is 374 g/mol. The van der Waals surface area contributed by atoms with Gasteiger partial charge in [0.1, 0.15) is 18.0 Å². The average Bonchev–Trinajstić information content (AvgIpc) is 2.74. The van der Waals surface area contributed by atoms with Gasteiger partial charge in [-0.3, -0.25) is 19.0 Å². The van der Waals surface area contributed by atoms with Gasteiger partial charge in [0, 0.05) is 18.5 Å². The first-order valence-corrected chi connectivity index (χ1v) is 8.87. The minimum absolute atomic E-state index is 0.283. The fraction of sp³-hybridized carbons (Fsp3) is 0.190. The van der Waals surface area contributed by atoms with Gasteiger partial charge in [0.15, 0.2) is 0 Å². The molecule has 0 aliphatic rings. The zero-order valence-corrected chi connectivity index (χ0v) is 16.1. The van der Waals surface area contributed by atoms with Crippen LogP contribution in [0.3, 0.4) is 0 Å². The lowest BCUT2D eigenvalue weighted by Gasteiger charge is -2.12. The van der Waals surface area contributed by atoms with E-state index in [-0.39, 0.29) is 13.1 Å². The summed E-state index contributed by atoms with van der Waals surface area (Å²) in [5.74, 6) is 0.539. The number of hydrogen-bond donors (Lipinski definition) is 1. The fourth-order valence-corrected chi connectivity index (χ4v) is 2.82. The molecule has 0 bridgehead atoms. The number of ether oxygens (including phenoxy) is 2. The number of methoxy groups -OCH3 is 2. The normalized spacial score (nSPS) is 10.4. The predicted molar refractivity (Wildman–Crippen MR) is 109 cm³/mol. The second kappa shape index (κ2) is 8.92. The molecular formula is C21H21N3O5. The van der Waals surface area contributed by atoms with Crippen LogP contribution in [0.4, 0.5) is 5.69 Å². The van der Waals surface area contributed by atoms with Gasteiger partial charge in [0.25, 0.3) is 0 Å². The zero-order valence-electron chi connectivity index (χ0n) is 16.1. The highest BCUT2D eigenvalue weighted by Crippen LogP contribution is 2.28. The number of anilines is 1. The number of benzene rings is 2. The van der Waals surface area contributed by atoms with Crippen molar-refractivity contribution in [3.8, 4) is 11.5 Å². The van der Waals surface area contributed by atoms with Crippen LogP contribution in [0.1, 0.15) is 5.56 Å². The summed E-state index contributed by atoms with van der Waals surface area (Å²) < 4.78 is 12.8. The molecule has 0 fully saturated rings. The fourth-order valence-electron chi connectivity index (χ4n) is 2.82. The molecule has 3 aromatic rings. The molecule has 1 aromatic heterocycles. The maximum atomic E-state index is 12.4. The van der Waals surface area contributed by atoms with Gasteiger partial charge in [-0.05, 0) is 17.7 Å². The summed E-state index contributed by atoms with van der Waals surface area (Å²) >= 11 is 0. The van der Waals surface area contributed by atoms with Crippen molar-refractivity contribution in [3.05, 3.63) is 87.2 Å². The Hall–Kier alpha value is -3.81. The zero-order chi connectivity index (χ0) is 20.8. The lowest BCUT2D eigenvalue weighted by molar-refractivity contribution is -0.116. The van der Waals surface area contributed by atoms with E-state index in [0.29, 0.717) is 17.2 Å². The summed E-state index contributed by atoms with van der Waals surface area (Å²) in [6, 6.07) is 14.3. The van der Waals surface area contributed by atoms with Crippen LogP contribution >= 0.6 is 0 Å². The Bertz CT molecular complexity index is 1120. The van der Waals surface area contributed by atoms with Gasteiger partial charge in [-0.15, -0.1) is 0 Å². The molecule has 0 radical (unpaired) electrons. The molecule has 150 valence electrons. The topological polar surface area (TPSA) is 91.6 Å². The number of carbonyl (C=O) groups is 1. The van der Waals surface area contributed by atoms with Crippen molar-refractivity contribution < 1.29 is 14.3 Å². The summed E-state index contributed by atoms with van der Waals surface area (Å²) in [6.07, 6.45) is 2.93. The molecule has 0 saturated carbocycles. The van der Waals surface area contributed by atoms with E-state index < -0.39 is 17.0 Å². The van der Waals surface area contributed by atoms with Crippen LogP contribution in [0.25, 0.3) is 0 Å². The highest BCUT2D eigenvalue weighted by Gasteiger charge is 2.12. The SMILES string of the molecule is COc1ccc(NC(=O)Cn2ccn(Cc3ccccc3)c(=O)c2=O)c(OC)c1. The molecule has 8 nitrogen and oxygen atoms in total. The smallest absolute Gasteiger partial charge is 0.316 e. The molecule has 0 aliphatic carbocycles. The van der Waals surface area contributed by atoms with Gasteiger partial charge in [0.2, 0.25) is 5.91 Å². The lowest BCUT2D eigenvalue weighted by atomic mass is 10.2. The van der Waals surface area contributed by atoms with Crippen LogP contribution in [0.2, 0.25) is 0 Å². The van der Waals surface area contributed by atoms with Crippen LogP contribution < -0.4 is 25.9 Å². The van der Waals surface area contributed by atoms with Crippen molar-refractivity contribution >= 4 is 11.6 Å². The van der Waals surface area contributed by atoms with Crippen molar-refractivity contribution in [3.63, 3.8) is 0 Å². The maximum absolute atomic E-state index is 12.4. The largest absolute Gasteiger partial charge is 0.497 e. The second-order valence-corrected chi connectivity index (χ2v) is 6.26. The quantitative estimate of drug-likeness (QED) is 0.615. The van der Waals surface area contributed by atoms with Crippen molar-refractivity contribution in [2.75, 3.05) is 19.5 Å². The molecule has 2 aromatic carbocycles. The third kappa shape index (κ3) is 4.73. The van der Waals surface area contributed by atoms with E-state index in [1.807, 2.05) is 30.3 Å². The van der Waals surface area contributed by atoms with Crippen molar-refractivity contribution in [1.82, 2.24) is 9.13 Å². The second-order valence-electron chi connectivity index (χ2n) is 6.26. The standard InChI is InChI=1S/C21H21N3O5/c1-28-16-8-9-17(18(12-16)29-2)22-19(25)14-24-11-10-23(20(26)21(24)27)13-15-6-4-3-5-7-15/h3-12H,13-14H2,1-2H3,(H,22,25). The summed E-state index contributed by atoms with van der Waals surface area (Å²) in [6.45, 7) is -0.0135. The van der Waals surface area contributed by atoms with Crippen molar-refractivity contribution in [1.29, 1.82) is 0 Å². The Morgan fingerprint density at radius 2 is 1.62 bits per heavy atom. The molecule has 3 rings (SSSR count). The van der Waals surface area contributed by atoms with E-state index in [0.717, 1.165) is 10.1 Å². The minimum atomic E-state index is -0.764. The summed E-state index contributed by atoms with van der Waals surface area (Å²) in [7, 11) is 3.00. The first kappa shape index (κ1) is 19.9. The molecule has 0 unspecified atom stereocenters. The number of nitrogens with zero attached hydrogens (tertiary/aromatic N) is 2. The van der Waals surface area contributed by atoms with E-state index in [4.69, 9.17) is 9.47 Å². The molecule has 0 atom stereocenters. The van der Waals surface area contributed by atoms with Crippen molar-refractivity contribution in [2.45, 2.75) is 13.1 Å². The molecule has 0 aliphatic heterocycles. The van der Waals surface area contributed by atoms with Crippen LogP contribution in [0, 0.1) is 0 Å². The highest BCUT2D eigenvalue weighted by atomic mass is 16.5. The van der Waals surface area contributed by atoms with E-state index in [2.05, 4.69) is 5.32 Å². The van der Waals surface area contributed by atoms with Gasteiger partial charge in [-0.25, -0.2) is 0 Å². The average molecular weight is 395 g/mol. The molecule has 29 heavy (non-hydrogen) atoms. The minimum Gasteiger partial charge on any atom is -0.497 e. The summed E-state index contributed by atoms with van der Waals surface area (Å²) in [5.41, 5.74) is -0.119. The number of amides is 1. The molecule has 0 saturated heterocycles. The predicted octanol–water partition coefficient (Wildman–Crippen LogP) is 1.71. The first-order chi connectivity index (χ1) is 14.0. The molecule has 1 heterocycles. The third-order valence-corrected chi connectivity index (χ3v) is 4.32. The third-order valence-electron chi connectivity index (χ3n) is 4.32. The van der Waals surface area contributed by atoms with Crippen LogP contribution in [-0.2, 0) is 17.9 Å². The summed E-state index contributed by atoms with van der Waals surface area (Å²) in [5, 5.41) is 2.67. The van der Waals surface area contributed by atoms with Gasteiger partial charge in [0.05, 0.1) is 26.5 Å². The first-order valence-electron chi connectivity index (χ1n) is 8.87. The van der Waals surface area contributed by atoms with Crippen LogP contribution in [0.15, 0.2) is 70.5 Å². The highest BCUT2D eigenvalue weighted by molar-refractivity contribution is 5.92. The lowest BCUT2D eigenvalue weighted by Crippen LogP contribution is -2.42. The van der Waals surface area contributed by atoms with Gasteiger partial charge >= 0.3 is 11.1 Å². The van der Waals surface area contributed by atoms with Crippen LogP contribution in [-0.4, -0.2) is 29.3 Å². The molecule has 1 amide bonds. The Balaban J connectivity index is 1.75. The van der Waals surface area contributed by atoms with Crippen molar-refractivity contribution in [2.24, 2.45) is 0 Å². The summed E-state index contributed by atoms with van der Waals surface area (Å²) in [4.78, 5) is 37.1. The Labute approximate surface area is 166 Å². The Morgan fingerprint density at radius 1 is 0.931 bits per heavy atom. The monoisotopic (exact) mass is 395 g/mol. The number of rotatable bonds is 7.